The van der Waals surface area contributed by atoms with Crippen molar-refractivity contribution >= 4 is 11.9 Å². The van der Waals surface area contributed by atoms with E-state index in [4.69, 9.17) is 4.74 Å². The second-order valence-corrected chi connectivity index (χ2v) is 7.02. The minimum absolute atomic E-state index is 0.0427. The Morgan fingerprint density at radius 1 is 0.905 bits per heavy atom. The number of carboxylic acids is 2. The maximum absolute atomic E-state index is 11.4. The van der Waals surface area contributed by atoms with E-state index < -0.39 is 11.9 Å². The second kappa shape index (κ2) is 6.89. The molecule has 0 saturated heterocycles. The topological polar surface area (TPSA) is 89.5 Å². The summed E-state index contributed by atoms with van der Waals surface area (Å²) in [5.74, 6) is -2.73. The first-order valence-corrected chi connectivity index (χ1v) is 6.70. The van der Waals surface area contributed by atoms with E-state index >= 15 is 0 Å². The van der Waals surface area contributed by atoms with Gasteiger partial charge in [0.2, 0.25) is 0 Å². The van der Waals surface area contributed by atoms with Crippen LogP contribution in [0.4, 0.5) is 0 Å². The number of rotatable bonds is 6. The predicted octanol–water partition coefficient (Wildman–Crippen LogP) is 0.448. The summed E-state index contributed by atoms with van der Waals surface area (Å²) in [4.78, 5) is 22.0. The molecule has 21 heavy (non-hydrogen) atoms. The lowest BCUT2D eigenvalue weighted by molar-refractivity contribution is -0.300. The molecular formula is C16H24O5-2. The van der Waals surface area contributed by atoms with Crippen LogP contribution in [0, 0.1) is 10.8 Å². The summed E-state index contributed by atoms with van der Waals surface area (Å²) < 4.78 is 5.15. The molecule has 0 N–H and O–H groups in total. The Hall–Kier alpha value is -1.62. The van der Waals surface area contributed by atoms with E-state index in [1.807, 2.05) is 41.5 Å². The summed E-state index contributed by atoms with van der Waals surface area (Å²) in [6, 6.07) is 0. The van der Waals surface area contributed by atoms with Crippen molar-refractivity contribution < 1.29 is 24.5 Å². The molecule has 0 aliphatic carbocycles. The number of carbonyl (C=O) groups excluding carboxylic acids is 2. The fourth-order valence-electron chi connectivity index (χ4n) is 2.60. The van der Waals surface area contributed by atoms with Gasteiger partial charge in [0.1, 0.15) is 0 Å². The van der Waals surface area contributed by atoms with Gasteiger partial charge in [-0.05, 0) is 16.4 Å². The average molecular weight is 296 g/mol. The van der Waals surface area contributed by atoms with Gasteiger partial charge in [-0.1, -0.05) is 53.7 Å². The molecule has 0 saturated carbocycles. The van der Waals surface area contributed by atoms with Crippen molar-refractivity contribution in [1.82, 2.24) is 0 Å². The maximum Gasteiger partial charge on any atom is 0.0739 e. The zero-order chi connectivity index (χ0) is 17.0. The molecule has 0 bridgehead atoms. The van der Waals surface area contributed by atoms with Gasteiger partial charge >= 0.3 is 0 Å². The van der Waals surface area contributed by atoms with Crippen LogP contribution in [0.1, 0.15) is 41.5 Å². The van der Waals surface area contributed by atoms with E-state index in [1.165, 1.54) is 0 Å². The summed E-state index contributed by atoms with van der Waals surface area (Å²) in [5.41, 5.74) is -0.263. The molecule has 0 heterocycles. The molecule has 0 aliphatic rings. The molecule has 120 valence electrons. The van der Waals surface area contributed by atoms with Crippen molar-refractivity contribution in [2.75, 3.05) is 13.2 Å². The van der Waals surface area contributed by atoms with Crippen molar-refractivity contribution in [3.63, 3.8) is 0 Å². The van der Waals surface area contributed by atoms with E-state index in [-0.39, 0.29) is 35.2 Å². The van der Waals surface area contributed by atoms with Gasteiger partial charge in [0, 0.05) is 5.57 Å². The summed E-state index contributed by atoms with van der Waals surface area (Å²) in [7, 11) is 0. The van der Waals surface area contributed by atoms with Gasteiger partial charge in [0.15, 0.2) is 0 Å². The number of hydrogen-bond acceptors (Lipinski definition) is 5. The van der Waals surface area contributed by atoms with Crippen LogP contribution in [0.5, 0.6) is 0 Å². The zero-order valence-electron chi connectivity index (χ0n) is 13.7. The minimum Gasteiger partial charge on any atom is -0.545 e. The van der Waals surface area contributed by atoms with E-state index in [9.17, 15) is 19.8 Å². The highest BCUT2D eigenvalue weighted by Gasteiger charge is 2.31. The Balaban J connectivity index is 5.43. The smallest absolute Gasteiger partial charge is 0.0739 e. The lowest BCUT2D eigenvalue weighted by Crippen LogP contribution is -2.35. The molecular weight excluding hydrogens is 272 g/mol. The van der Waals surface area contributed by atoms with Crippen molar-refractivity contribution in [3.05, 3.63) is 23.3 Å². The first-order chi connectivity index (χ1) is 9.28. The number of carboxylic acid groups (broad SMARTS) is 2. The molecule has 0 aromatic heterocycles. The van der Waals surface area contributed by atoms with Crippen LogP contribution in [0.25, 0.3) is 0 Å². The monoisotopic (exact) mass is 296 g/mol. The molecule has 0 spiro atoms. The third-order valence-corrected chi connectivity index (χ3v) is 2.86. The Labute approximate surface area is 126 Å². The number of aliphatic carboxylic acids is 2. The Morgan fingerprint density at radius 3 is 1.62 bits per heavy atom. The van der Waals surface area contributed by atoms with Crippen molar-refractivity contribution in [3.8, 4) is 0 Å². The second-order valence-electron chi connectivity index (χ2n) is 7.02. The number of carbonyl (C=O) groups is 2. The summed E-state index contributed by atoms with van der Waals surface area (Å²) in [6.07, 6.45) is 0. The minimum atomic E-state index is -1.42. The summed E-state index contributed by atoms with van der Waals surface area (Å²) >= 11 is 0. The third-order valence-electron chi connectivity index (χ3n) is 2.86. The van der Waals surface area contributed by atoms with Crippen LogP contribution in [0.3, 0.4) is 0 Å². The number of ether oxygens (including phenoxy) is 1. The van der Waals surface area contributed by atoms with Crippen LogP contribution in [-0.2, 0) is 14.3 Å². The molecule has 0 amide bonds. The van der Waals surface area contributed by atoms with Gasteiger partial charge in [-0.2, -0.15) is 0 Å². The lowest BCUT2D eigenvalue weighted by Gasteiger charge is -2.37. The van der Waals surface area contributed by atoms with Crippen molar-refractivity contribution in [2.24, 2.45) is 10.8 Å². The Kier molecular flexibility index (Phi) is 6.36. The molecule has 5 nitrogen and oxygen atoms in total. The van der Waals surface area contributed by atoms with E-state index in [0.717, 1.165) is 0 Å². The maximum atomic E-state index is 11.4. The number of allylic oxidation sites excluding steroid dienone is 1. The van der Waals surface area contributed by atoms with E-state index in [0.29, 0.717) is 5.57 Å². The molecule has 0 aromatic carbocycles. The molecule has 0 rings (SSSR count). The van der Waals surface area contributed by atoms with Crippen LogP contribution in [0.2, 0.25) is 0 Å². The molecule has 0 aliphatic heterocycles. The highest BCUT2D eigenvalue weighted by Crippen LogP contribution is 2.41. The van der Waals surface area contributed by atoms with Crippen molar-refractivity contribution in [2.45, 2.75) is 41.5 Å². The van der Waals surface area contributed by atoms with Gasteiger partial charge in [-0.15, -0.1) is 0 Å². The van der Waals surface area contributed by atoms with Crippen LogP contribution < -0.4 is 10.2 Å². The molecule has 0 atom stereocenters. The largest absolute Gasteiger partial charge is 0.545 e. The normalized spacial score (nSPS) is 11.9. The fourth-order valence-corrected chi connectivity index (χ4v) is 2.60. The number of hydrogen-bond donors (Lipinski definition) is 0. The highest BCUT2D eigenvalue weighted by atomic mass is 16.5. The predicted molar refractivity (Wildman–Crippen MR) is 75.9 cm³/mol. The van der Waals surface area contributed by atoms with Gasteiger partial charge in [0.05, 0.1) is 25.2 Å². The average Bonchev–Trinajstić information content (AvgIpc) is 2.22. The summed E-state index contributed by atoms with van der Waals surface area (Å²) in [6.45, 7) is 14.2. The molecule has 0 aromatic rings. The van der Waals surface area contributed by atoms with E-state index in [2.05, 4.69) is 6.58 Å². The summed E-state index contributed by atoms with van der Waals surface area (Å²) in [5, 5.41) is 22.0. The van der Waals surface area contributed by atoms with Gasteiger partial charge < -0.3 is 24.5 Å². The van der Waals surface area contributed by atoms with Crippen LogP contribution >= 0.6 is 0 Å². The van der Waals surface area contributed by atoms with Gasteiger partial charge in [0.25, 0.3) is 0 Å². The molecule has 0 radical (unpaired) electrons. The van der Waals surface area contributed by atoms with Crippen LogP contribution in [0.15, 0.2) is 23.3 Å². The third kappa shape index (κ3) is 6.12. The molecule has 0 fully saturated rings. The van der Waals surface area contributed by atoms with E-state index in [1.54, 1.807) is 0 Å². The molecule has 0 unspecified atom stereocenters. The van der Waals surface area contributed by atoms with Crippen LogP contribution in [-0.4, -0.2) is 25.2 Å². The van der Waals surface area contributed by atoms with Gasteiger partial charge in [-0.3, -0.25) is 0 Å². The first-order valence-electron chi connectivity index (χ1n) is 6.70. The zero-order valence-corrected chi connectivity index (χ0v) is 13.7. The SMILES string of the molecule is C=C(COCC(C(=O)[O-])=C(C(C)(C)C)C(C)(C)C)C(=O)[O-]. The Bertz CT molecular complexity index is 442. The quantitative estimate of drug-likeness (QED) is 0.664. The molecule has 5 heteroatoms. The highest BCUT2D eigenvalue weighted by molar-refractivity contribution is 5.87. The van der Waals surface area contributed by atoms with Gasteiger partial charge in [-0.25, -0.2) is 0 Å². The standard InChI is InChI=1S/C16H26O5/c1-10(13(17)18)8-21-9-11(14(19)20)12(15(2,3)4)16(5,6)7/h1,8-9H2,2-7H3,(H,17,18)(H,19,20)/p-2. The Morgan fingerprint density at radius 2 is 1.33 bits per heavy atom. The van der Waals surface area contributed by atoms with Crippen molar-refractivity contribution in [1.29, 1.82) is 0 Å². The fraction of sp³-hybridized carbons (Fsp3) is 0.625. The first kappa shape index (κ1) is 19.4. The lowest BCUT2D eigenvalue weighted by atomic mass is 9.69.